The molecule has 1 aromatic carbocycles. The highest BCUT2D eigenvalue weighted by molar-refractivity contribution is 6.29. The number of halogens is 1. The third kappa shape index (κ3) is 2.89. The molecule has 3 N–H and O–H groups in total. The molecule has 1 amide bonds. The number of benzene rings is 1. The molecule has 1 heterocycles. The van der Waals surface area contributed by atoms with Crippen molar-refractivity contribution in [3.8, 4) is 0 Å². The van der Waals surface area contributed by atoms with Gasteiger partial charge >= 0.3 is 0 Å². The summed E-state index contributed by atoms with van der Waals surface area (Å²) < 4.78 is 5.09. The van der Waals surface area contributed by atoms with Crippen LogP contribution in [0.2, 0.25) is 5.22 Å². The zero-order valence-electron chi connectivity index (χ0n) is 10.0. The summed E-state index contributed by atoms with van der Waals surface area (Å²) in [4.78, 5) is 13.7. The lowest BCUT2D eigenvalue weighted by atomic mass is 10.2. The van der Waals surface area contributed by atoms with Crippen molar-refractivity contribution in [2.24, 2.45) is 0 Å². The fourth-order valence-corrected chi connectivity index (χ4v) is 1.87. The monoisotopic (exact) mass is 280 g/mol. The largest absolute Gasteiger partial charge is 0.440 e. The maximum absolute atomic E-state index is 12.3. The van der Waals surface area contributed by atoms with E-state index >= 15 is 0 Å². The van der Waals surface area contributed by atoms with Crippen molar-refractivity contribution in [2.75, 3.05) is 23.8 Å². The van der Waals surface area contributed by atoms with Crippen LogP contribution in [0.3, 0.4) is 0 Å². The number of nitrogens with two attached hydrogens (primary N) is 1. The second-order valence-electron chi connectivity index (χ2n) is 3.84. The van der Waals surface area contributed by atoms with Crippen molar-refractivity contribution in [3.05, 3.63) is 47.4 Å². The van der Waals surface area contributed by atoms with Crippen LogP contribution < -0.4 is 10.6 Å². The van der Waals surface area contributed by atoms with E-state index in [1.165, 1.54) is 17.0 Å². The Kier molecular flexibility index (Phi) is 4.09. The molecule has 0 spiro atoms. The first kappa shape index (κ1) is 13.5. The first-order valence-corrected chi connectivity index (χ1v) is 6.04. The van der Waals surface area contributed by atoms with Crippen LogP contribution in [-0.4, -0.2) is 24.2 Å². The lowest BCUT2D eigenvalue weighted by Gasteiger charge is -2.22. The first-order chi connectivity index (χ1) is 9.13. The number of para-hydroxylation sites is 2. The van der Waals surface area contributed by atoms with Gasteiger partial charge in [-0.1, -0.05) is 12.1 Å². The Labute approximate surface area is 115 Å². The summed E-state index contributed by atoms with van der Waals surface area (Å²) in [7, 11) is 0. The summed E-state index contributed by atoms with van der Waals surface area (Å²) in [5.41, 5.74) is 6.81. The van der Waals surface area contributed by atoms with Crippen LogP contribution in [-0.2, 0) is 0 Å². The second kappa shape index (κ2) is 5.77. The van der Waals surface area contributed by atoms with E-state index in [0.29, 0.717) is 11.4 Å². The van der Waals surface area contributed by atoms with Gasteiger partial charge in [-0.3, -0.25) is 4.79 Å². The quantitative estimate of drug-likeness (QED) is 0.841. The molecular formula is C13H13ClN2O3. The van der Waals surface area contributed by atoms with Gasteiger partial charge < -0.3 is 20.2 Å². The molecule has 100 valence electrons. The van der Waals surface area contributed by atoms with Crippen molar-refractivity contribution < 1.29 is 14.3 Å². The van der Waals surface area contributed by atoms with Crippen molar-refractivity contribution in [3.63, 3.8) is 0 Å². The Balaban J connectivity index is 2.35. The van der Waals surface area contributed by atoms with Gasteiger partial charge in [0.2, 0.25) is 0 Å². The lowest BCUT2D eigenvalue weighted by Crippen LogP contribution is -2.33. The number of hydrogen-bond acceptors (Lipinski definition) is 4. The van der Waals surface area contributed by atoms with Crippen molar-refractivity contribution in [2.45, 2.75) is 0 Å². The molecule has 6 heteroatoms. The van der Waals surface area contributed by atoms with E-state index in [1.54, 1.807) is 24.3 Å². The van der Waals surface area contributed by atoms with E-state index in [1.807, 2.05) is 0 Å². The van der Waals surface area contributed by atoms with E-state index in [4.69, 9.17) is 26.9 Å². The van der Waals surface area contributed by atoms with Gasteiger partial charge in [0, 0.05) is 6.54 Å². The third-order valence-corrected chi connectivity index (χ3v) is 2.78. The number of carbonyl (C=O) groups excluding carboxylic acids is 1. The summed E-state index contributed by atoms with van der Waals surface area (Å²) >= 11 is 5.65. The van der Waals surface area contributed by atoms with Crippen LogP contribution in [0.15, 0.2) is 40.8 Å². The minimum Gasteiger partial charge on any atom is -0.440 e. The van der Waals surface area contributed by atoms with E-state index in [9.17, 15) is 4.79 Å². The second-order valence-corrected chi connectivity index (χ2v) is 4.22. The van der Waals surface area contributed by atoms with Crippen LogP contribution >= 0.6 is 11.6 Å². The molecule has 0 aliphatic heterocycles. The Morgan fingerprint density at radius 3 is 2.63 bits per heavy atom. The average molecular weight is 281 g/mol. The molecule has 0 saturated carbocycles. The zero-order chi connectivity index (χ0) is 13.8. The number of nitrogen functional groups attached to an aromatic ring is 1. The zero-order valence-corrected chi connectivity index (χ0v) is 10.8. The molecular weight excluding hydrogens is 268 g/mol. The van der Waals surface area contributed by atoms with Gasteiger partial charge in [-0.2, -0.15) is 0 Å². The average Bonchev–Trinajstić information content (AvgIpc) is 2.83. The molecule has 0 aliphatic carbocycles. The standard InChI is InChI=1S/C13H13ClN2O3/c14-12-6-5-11(19-12)13(18)16(7-8-17)10-4-2-1-3-9(10)15/h1-6,17H,7-8,15H2. The molecule has 0 unspecified atom stereocenters. The van der Waals surface area contributed by atoms with Gasteiger partial charge in [0.15, 0.2) is 11.0 Å². The minimum absolute atomic E-state index is 0.0988. The Morgan fingerprint density at radius 1 is 1.32 bits per heavy atom. The van der Waals surface area contributed by atoms with Crippen molar-refractivity contribution >= 4 is 28.9 Å². The molecule has 0 fully saturated rings. The van der Waals surface area contributed by atoms with Crippen LogP contribution in [0.25, 0.3) is 0 Å². The van der Waals surface area contributed by atoms with E-state index in [-0.39, 0.29) is 24.1 Å². The Morgan fingerprint density at radius 2 is 2.05 bits per heavy atom. The van der Waals surface area contributed by atoms with Gasteiger partial charge in [-0.05, 0) is 35.9 Å². The first-order valence-electron chi connectivity index (χ1n) is 5.66. The maximum Gasteiger partial charge on any atom is 0.294 e. The normalized spacial score (nSPS) is 10.4. The Bertz CT molecular complexity index is 583. The molecule has 0 radical (unpaired) electrons. The Hall–Kier alpha value is -1.98. The molecule has 19 heavy (non-hydrogen) atoms. The van der Waals surface area contributed by atoms with E-state index in [2.05, 4.69) is 0 Å². The van der Waals surface area contributed by atoms with Crippen LogP contribution in [0.5, 0.6) is 0 Å². The number of hydrogen-bond donors (Lipinski definition) is 2. The van der Waals surface area contributed by atoms with Crippen LogP contribution in [0.1, 0.15) is 10.6 Å². The number of carbonyl (C=O) groups is 1. The van der Waals surface area contributed by atoms with Gasteiger partial charge in [-0.15, -0.1) is 0 Å². The van der Waals surface area contributed by atoms with Gasteiger partial charge in [-0.25, -0.2) is 0 Å². The van der Waals surface area contributed by atoms with Crippen LogP contribution in [0.4, 0.5) is 11.4 Å². The summed E-state index contributed by atoms with van der Waals surface area (Å²) in [6.45, 7) is -0.0696. The van der Waals surface area contributed by atoms with Crippen molar-refractivity contribution in [1.82, 2.24) is 0 Å². The molecule has 0 aliphatic rings. The predicted molar refractivity (Wildman–Crippen MR) is 73.3 cm³/mol. The van der Waals surface area contributed by atoms with E-state index in [0.717, 1.165) is 0 Å². The molecule has 0 saturated heterocycles. The highest BCUT2D eigenvalue weighted by atomic mass is 35.5. The lowest BCUT2D eigenvalue weighted by molar-refractivity contribution is 0.0954. The maximum atomic E-state index is 12.3. The number of aliphatic hydroxyl groups excluding tert-OH is 1. The van der Waals surface area contributed by atoms with Gasteiger partial charge in [0.05, 0.1) is 18.0 Å². The molecule has 2 rings (SSSR count). The van der Waals surface area contributed by atoms with Crippen molar-refractivity contribution in [1.29, 1.82) is 0 Å². The molecule has 2 aromatic rings. The topological polar surface area (TPSA) is 79.7 Å². The molecule has 1 aromatic heterocycles. The molecule has 0 bridgehead atoms. The fraction of sp³-hybridized carbons (Fsp3) is 0.154. The smallest absolute Gasteiger partial charge is 0.294 e. The summed E-state index contributed by atoms with van der Waals surface area (Å²) in [5.74, 6) is -0.305. The number of nitrogens with zero attached hydrogens (tertiary/aromatic N) is 1. The van der Waals surface area contributed by atoms with Gasteiger partial charge in [0.1, 0.15) is 0 Å². The fourth-order valence-electron chi connectivity index (χ4n) is 1.73. The van der Waals surface area contributed by atoms with E-state index < -0.39 is 5.91 Å². The molecule has 0 atom stereocenters. The summed E-state index contributed by atoms with van der Waals surface area (Å²) in [5, 5.41) is 9.23. The van der Waals surface area contributed by atoms with Crippen LogP contribution in [0, 0.1) is 0 Å². The summed E-state index contributed by atoms with van der Waals surface area (Å²) in [6, 6.07) is 9.88. The number of aliphatic hydroxyl groups is 1. The highest BCUT2D eigenvalue weighted by Gasteiger charge is 2.21. The predicted octanol–water partition coefficient (Wildman–Crippen LogP) is 2.15. The highest BCUT2D eigenvalue weighted by Crippen LogP contribution is 2.25. The number of anilines is 2. The molecule has 5 nitrogen and oxygen atoms in total. The number of rotatable bonds is 4. The number of furan rings is 1. The third-order valence-electron chi connectivity index (χ3n) is 2.58. The minimum atomic E-state index is -0.404. The van der Waals surface area contributed by atoms with Gasteiger partial charge in [0.25, 0.3) is 5.91 Å². The summed E-state index contributed by atoms with van der Waals surface area (Å²) in [6.07, 6.45) is 0. The SMILES string of the molecule is Nc1ccccc1N(CCO)C(=O)c1ccc(Cl)o1. The number of amides is 1.